The van der Waals surface area contributed by atoms with Gasteiger partial charge in [-0.3, -0.25) is 9.59 Å². The smallest absolute Gasteiger partial charge is 0.242 e. The third kappa shape index (κ3) is 6.52. The van der Waals surface area contributed by atoms with Crippen LogP contribution >= 0.6 is 0 Å². The van der Waals surface area contributed by atoms with Gasteiger partial charge in [0, 0.05) is 19.5 Å². The molecule has 1 N–H and O–H groups in total. The summed E-state index contributed by atoms with van der Waals surface area (Å²) < 4.78 is 0. The van der Waals surface area contributed by atoms with Crippen LogP contribution in [-0.2, 0) is 29.0 Å². The molecule has 2 aromatic carbocycles. The quantitative estimate of drug-likeness (QED) is 0.674. The number of aryl methyl sites for hydroxylation is 2. The average molecular weight is 381 g/mol. The van der Waals surface area contributed by atoms with Crippen molar-refractivity contribution in [2.75, 3.05) is 6.54 Å². The summed E-state index contributed by atoms with van der Waals surface area (Å²) in [5.41, 5.74) is 3.47. The number of benzene rings is 2. The Bertz CT molecular complexity index is 741. The fourth-order valence-electron chi connectivity index (χ4n) is 3.10. The van der Waals surface area contributed by atoms with Crippen molar-refractivity contribution in [2.24, 2.45) is 0 Å². The molecule has 28 heavy (non-hydrogen) atoms. The molecule has 0 aliphatic carbocycles. The molecule has 0 heterocycles. The fourth-order valence-corrected chi connectivity index (χ4v) is 3.10. The number of carbonyl (C=O) groups excluding carboxylic acids is 2. The molecule has 0 fully saturated rings. The lowest BCUT2D eigenvalue weighted by molar-refractivity contribution is -0.140. The molecule has 0 bridgehead atoms. The van der Waals surface area contributed by atoms with Crippen LogP contribution < -0.4 is 5.32 Å². The fraction of sp³-hybridized carbons (Fsp3) is 0.417. The van der Waals surface area contributed by atoms with Crippen molar-refractivity contribution in [1.29, 1.82) is 0 Å². The van der Waals surface area contributed by atoms with Gasteiger partial charge in [-0.05, 0) is 42.9 Å². The monoisotopic (exact) mass is 380 g/mol. The summed E-state index contributed by atoms with van der Waals surface area (Å²) in [6.45, 7) is 7.02. The Morgan fingerprint density at radius 2 is 1.57 bits per heavy atom. The number of amides is 2. The van der Waals surface area contributed by atoms with Crippen LogP contribution in [0.3, 0.4) is 0 Å². The molecule has 1 unspecified atom stereocenters. The van der Waals surface area contributed by atoms with Gasteiger partial charge in [-0.2, -0.15) is 0 Å². The van der Waals surface area contributed by atoms with Crippen LogP contribution in [0.2, 0.25) is 0 Å². The maximum atomic E-state index is 13.0. The van der Waals surface area contributed by atoms with Gasteiger partial charge in [0.05, 0.1) is 0 Å². The van der Waals surface area contributed by atoms with Gasteiger partial charge in [-0.15, -0.1) is 0 Å². The first kappa shape index (κ1) is 21.7. The maximum Gasteiger partial charge on any atom is 0.242 e. The first-order valence-electron chi connectivity index (χ1n) is 10.2. The van der Waals surface area contributed by atoms with E-state index in [1.165, 1.54) is 5.56 Å². The van der Waals surface area contributed by atoms with E-state index in [2.05, 4.69) is 36.5 Å². The first-order valence-corrected chi connectivity index (χ1v) is 10.2. The lowest BCUT2D eigenvalue weighted by atomic mass is 10.0. The molecule has 0 saturated carbocycles. The van der Waals surface area contributed by atoms with E-state index in [1.807, 2.05) is 44.2 Å². The number of hydrogen-bond donors (Lipinski definition) is 1. The van der Waals surface area contributed by atoms with Crippen molar-refractivity contribution in [3.63, 3.8) is 0 Å². The minimum absolute atomic E-state index is 0.00238. The highest BCUT2D eigenvalue weighted by Gasteiger charge is 2.25. The van der Waals surface area contributed by atoms with E-state index in [1.54, 1.807) is 4.90 Å². The molecule has 0 saturated heterocycles. The third-order valence-corrected chi connectivity index (χ3v) is 4.97. The van der Waals surface area contributed by atoms with Crippen LogP contribution in [-0.4, -0.2) is 29.3 Å². The third-order valence-electron chi connectivity index (χ3n) is 4.97. The predicted molar refractivity (Wildman–Crippen MR) is 114 cm³/mol. The second kappa shape index (κ2) is 11.3. The van der Waals surface area contributed by atoms with Crippen molar-refractivity contribution < 1.29 is 9.59 Å². The van der Waals surface area contributed by atoms with Crippen molar-refractivity contribution in [3.05, 3.63) is 71.3 Å². The summed E-state index contributed by atoms with van der Waals surface area (Å²) in [5.74, 6) is -0.0963. The molecule has 4 heteroatoms. The molecule has 0 radical (unpaired) electrons. The Kier molecular flexibility index (Phi) is 8.73. The topological polar surface area (TPSA) is 49.4 Å². The Balaban J connectivity index is 2.07. The van der Waals surface area contributed by atoms with Crippen LogP contribution in [0.4, 0.5) is 0 Å². The standard InChI is InChI=1S/C24H32N2O2/c1-4-17-25-24(28)19(3)26(18-22-9-7-6-8-10-22)23(27)16-15-21-13-11-20(5-2)12-14-21/h6-14,19H,4-5,15-18H2,1-3H3,(H,25,28). The highest BCUT2D eigenvalue weighted by atomic mass is 16.2. The van der Waals surface area contributed by atoms with Gasteiger partial charge in [0.2, 0.25) is 11.8 Å². The Labute approximate surface area is 169 Å². The van der Waals surface area contributed by atoms with Gasteiger partial charge in [-0.25, -0.2) is 0 Å². The van der Waals surface area contributed by atoms with E-state index < -0.39 is 6.04 Å². The molecule has 1 atom stereocenters. The van der Waals surface area contributed by atoms with E-state index in [0.717, 1.165) is 24.0 Å². The van der Waals surface area contributed by atoms with Gasteiger partial charge >= 0.3 is 0 Å². The minimum Gasteiger partial charge on any atom is -0.354 e. The summed E-state index contributed by atoms with van der Waals surface area (Å²) in [6, 6.07) is 17.7. The summed E-state index contributed by atoms with van der Waals surface area (Å²) in [4.78, 5) is 27.2. The van der Waals surface area contributed by atoms with E-state index in [9.17, 15) is 9.59 Å². The number of nitrogens with one attached hydrogen (secondary N) is 1. The maximum absolute atomic E-state index is 13.0. The van der Waals surface area contributed by atoms with Gasteiger partial charge in [0.15, 0.2) is 0 Å². The zero-order valence-electron chi connectivity index (χ0n) is 17.3. The summed E-state index contributed by atoms with van der Waals surface area (Å²) >= 11 is 0. The molecule has 2 amide bonds. The number of rotatable bonds is 10. The van der Waals surface area contributed by atoms with Crippen molar-refractivity contribution >= 4 is 11.8 Å². The van der Waals surface area contributed by atoms with Gasteiger partial charge in [0.25, 0.3) is 0 Å². The minimum atomic E-state index is -0.498. The van der Waals surface area contributed by atoms with Crippen molar-refractivity contribution in [1.82, 2.24) is 10.2 Å². The van der Waals surface area contributed by atoms with Crippen LogP contribution in [0, 0.1) is 0 Å². The highest BCUT2D eigenvalue weighted by Crippen LogP contribution is 2.13. The predicted octanol–water partition coefficient (Wildman–Crippen LogP) is 4.13. The van der Waals surface area contributed by atoms with Crippen LogP contribution in [0.25, 0.3) is 0 Å². The highest BCUT2D eigenvalue weighted by molar-refractivity contribution is 5.87. The van der Waals surface area contributed by atoms with Gasteiger partial charge in [0.1, 0.15) is 6.04 Å². The van der Waals surface area contributed by atoms with Crippen LogP contribution in [0.1, 0.15) is 50.3 Å². The summed E-state index contributed by atoms with van der Waals surface area (Å²) in [5, 5.41) is 2.91. The molecule has 2 aromatic rings. The van der Waals surface area contributed by atoms with Gasteiger partial charge < -0.3 is 10.2 Å². The molecule has 150 valence electrons. The second-order valence-electron chi connectivity index (χ2n) is 7.14. The molecule has 0 aliphatic heterocycles. The zero-order valence-corrected chi connectivity index (χ0v) is 17.3. The molecule has 0 spiro atoms. The van der Waals surface area contributed by atoms with E-state index in [4.69, 9.17) is 0 Å². The lowest BCUT2D eigenvalue weighted by Crippen LogP contribution is -2.47. The zero-order chi connectivity index (χ0) is 20.4. The Morgan fingerprint density at radius 1 is 0.929 bits per heavy atom. The number of hydrogen-bond acceptors (Lipinski definition) is 2. The van der Waals surface area contributed by atoms with Crippen LogP contribution in [0.5, 0.6) is 0 Å². The normalized spacial score (nSPS) is 11.7. The van der Waals surface area contributed by atoms with E-state index >= 15 is 0 Å². The van der Waals surface area contributed by atoms with Gasteiger partial charge in [-0.1, -0.05) is 68.4 Å². The summed E-state index contributed by atoms with van der Waals surface area (Å²) in [7, 11) is 0. The number of nitrogens with zero attached hydrogens (tertiary/aromatic N) is 1. The first-order chi connectivity index (χ1) is 13.5. The molecule has 0 aromatic heterocycles. The average Bonchev–Trinajstić information content (AvgIpc) is 2.74. The largest absolute Gasteiger partial charge is 0.354 e. The lowest BCUT2D eigenvalue weighted by Gasteiger charge is -2.29. The number of carbonyl (C=O) groups is 2. The molecular weight excluding hydrogens is 348 g/mol. The molecule has 4 nitrogen and oxygen atoms in total. The van der Waals surface area contributed by atoms with Crippen molar-refractivity contribution in [3.8, 4) is 0 Å². The second-order valence-corrected chi connectivity index (χ2v) is 7.14. The SMILES string of the molecule is CCCNC(=O)C(C)N(Cc1ccccc1)C(=O)CCc1ccc(CC)cc1. The molecule has 2 rings (SSSR count). The van der Waals surface area contributed by atoms with E-state index in [-0.39, 0.29) is 11.8 Å². The molecular formula is C24H32N2O2. The Hall–Kier alpha value is -2.62. The Morgan fingerprint density at radius 3 is 2.18 bits per heavy atom. The van der Waals surface area contributed by atoms with E-state index in [0.29, 0.717) is 25.9 Å². The van der Waals surface area contributed by atoms with Crippen LogP contribution in [0.15, 0.2) is 54.6 Å². The molecule has 0 aliphatic rings. The summed E-state index contributed by atoms with van der Waals surface area (Å²) in [6.07, 6.45) is 2.95. The van der Waals surface area contributed by atoms with Crippen molar-refractivity contribution in [2.45, 2.75) is 59.0 Å².